The first-order valence-electron chi connectivity index (χ1n) is 6.95. The van der Waals surface area contributed by atoms with Crippen LogP contribution in [0.25, 0.3) is 0 Å². The molecule has 0 radical (unpaired) electrons. The van der Waals surface area contributed by atoms with Crippen molar-refractivity contribution in [2.24, 2.45) is 11.8 Å². The molecule has 0 bridgehead atoms. The maximum absolute atomic E-state index is 11.1. The van der Waals surface area contributed by atoms with Gasteiger partial charge in [-0.3, -0.25) is 10.1 Å². The monoisotopic (exact) mass is 279 g/mol. The van der Waals surface area contributed by atoms with Crippen molar-refractivity contribution in [1.82, 2.24) is 4.98 Å². The number of methoxy groups -OCH3 is 1. The highest BCUT2D eigenvalue weighted by Crippen LogP contribution is 2.32. The summed E-state index contributed by atoms with van der Waals surface area (Å²) in [5, 5.41) is 14.3. The maximum atomic E-state index is 11.1. The molecule has 0 aromatic carbocycles. The van der Waals surface area contributed by atoms with Crippen molar-refractivity contribution in [2.45, 2.75) is 39.2 Å². The number of nitrogens with one attached hydrogen (secondary N) is 1. The van der Waals surface area contributed by atoms with Crippen LogP contribution in [0.5, 0.6) is 5.88 Å². The molecule has 1 fully saturated rings. The van der Waals surface area contributed by atoms with Crippen LogP contribution in [-0.4, -0.2) is 23.1 Å². The molecule has 1 aliphatic rings. The van der Waals surface area contributed by atoms with Crippen molar-refractivity contribution in [3.05, 3.63) is 22.2 Å². The van der Waals surface area contributed by atoms with Crippen molar-refractivity contribution in [3.8, 4) is 5.88 Å². The van der Waals surface area contributed by atoms with Crippen LogP contribution in [0.4, 0.5) is 11.5 Å². The molecule has 2 atom stereocenters. The average Bonchev–Trinajstić information content (AvgIpc) is 2.37. The van der Waals surface area contributed by atoms with Gasteiger partial charge in [0.25, 0.3) is 0 Å². The SMILES string of the molecule is COc1ccc([N+](=O)[O-])c(NC2CC(C)CC(C)C2)n1. The number of rotatable bonds is 4. The van der Waals surface area contributed by atoms with E-state index in [2.05, 4.69) is 24.1 Å². The number of aromatic nitrogens is 1. The van der Waals surface area contributed by atoms with Crippen LogP contribution in [0.3, 0.4) is 0 Å². The molecule has 0 saturated heterocycles. The fourth-order valence-electron chi connectivity index (χ4n) is 3.06. The first-order valence-corrected chi connectivity index (χ1v) is 6.95. The molecular weight excluding hydrogens is 258 g/mol. The Balaban J connectivity index is 2.20. The van der Waals surface area contributed by atoms with Crippen LogP contribution < -0.4 is 10.1 Å². The summed E-state index contributed by atoms with van der Waals surface area (Å²) in [6.07, 6.45) is 3.24. The first kappa shape index (κ1) is 14.6. The van der Waals surface area contributed by atoms with E-state index in [1.54, 1.807) is 0 Å². The predicted molar refractivity (Wildman–Crippen MR) is 77.0 cm³/mol. The van der Waals surface area contributed by atoms with Gasteiger partial charge < -0.3 is 10.1 Å². The molecule has 1 heterocycles. The molecule has 2 unspecified atom stereocenters. The maximum Gasteiger partial charge on any atom is 0.311 e. The number of nitro groups is 1. The van der Waals surface area contributed by atoms with Crippen LogP contribution in [0, 0.1) is 22.0 Å². The Bertz CT molecular complexity index is 483. The zero-order valence-electron chi connectivity index (χ0n) is 12.1. The van der Waals surface area contributed by atoms with Crippen molar-refractivity contribution < 1.29 is 9.66 Å². The van der Waals surface area contributed by atoms with E-state index in [9.17, 15) is 10.1 Å². The molecule has 0 amide bonds. The fraction of sp³-hybridized carbons (Fsp3) is 0.643. The van der Waals surface area contributed by atoms with Gasteiger partial charge in [0.05, 0.1) is 12.0 Å². The Morgan fingerprint density at radius 1 is 1.30 bits per heavy atom. The van der Waals surface area contributed by atoms with Gasteiger partial charge >= 0.3 is 5.69 Å². The summed E-state index contributed by atoms with van der Waals surface area (Å²) in [5.41, 5.74) is -0.00307. The Labute approximate surface area is 118 Å². The minimum atomic E-state index is -0.412. The molecule has 1 saturated carbocycles. The second kappa shape index (κ2) is 6.07. The molecule has 1 N–H and O–H groups in total. The van der Waals surface area contributed by atoms with E-state index in [-0.39, 0.29) is 11.7 Å². The van der Waals surface area contributed by atoms with Crippen LogP contribution in [-0.2, 0) is 0 Å². The zero-order valence-corrected chi connectivity index (χ0v) is 12.1. The highest BCUT2D eigenvalue weighted by molar-refractivity contribution is 5.57. The molecule has 1 aromatic heterocycles. The van der Waals surface area contributed by atoms with Gasteiger partial charge in [-0.25, -0.2) is 0 Å². The lowest BCUT2D eigenvalue weighted by Crippen LogP contribution is -2.30. The van der Waals surface area contributed by atoms with Crippen LogP contribution in [0.15, 0.2) is 12.1 Å². The fourth-order valence-corrected chi connectivity index (χ4v) is 3.06. The molecule has 1 aliphatic carbocycles. The summed E-state index contributed by atoms with van der Waals surface area (Å²) in [6, 6.07) is 3.17. The zero-order chi connectivity index (χ0) is 14.7. The highest BCUT2D eigenvalue weighted by Gasteiger charge is 2.26. The van der Waals surface area contributed by atoms with Crippen LogP contribution in [0.2, 0.25) is 0 Å². The lowest BCUT2D eigenvalue weighted by molar-refractivity contribution is -0.384. The molecule has 0 spiro atoms. The number of nitrogens with zero attached hydrogens (tertiary/aromatic N) is 2. The average molecular weight is 279 g/mol. The summed E-state index contributed by atoms with van der Waals surface area (Å²) in [7, 11) is 1.50. The number of anilines is 1. The largest absolute Gasteiger partial charge is 0.481 e. The molecule has 1 aromatic rings. The molecule has 6 nitrogen and oxygen atoms in total. The summed E-state index contributed by atoms with van der Waals surface area (Å²) >= 11 is 0. The van der Waals surface area contributed by atoms with Crippen molar-refractivity contribution >= 4 is 11.5 Å². The van der Waals surface area contributed by atoms with Crippen molar-refractivity contribution in [3.63, 3.8) is 0 Å². The van der Waals surface area contributed by atoms with Gasteiger partial charge in [0, 0.05) is 18.2 Å². The smallest absolute Gasteiger partial charge is 0.311 e. The van der Waals surface area contributed by atoms with E-state index in [0.717, 1.165) is 12.8 Å². The normalized spacial score (nSPS) is 26.1. The van der Waals surface area contributed by atoms with Crippen LogP contribution >= 0.6 is 0 Å². The van der Waals surface area contributed by atoms with E-state index in [4.69, 9.17) is 4.74 Å². The quantitative estimate of drug-likeness (QED) is 0.676. The third-order valence-electron chi connectivity index (χ3n) is 3.77. The summed E-state index contributed by atoms with van der Waals surface area (Å²) < 4.78 is 5.05. The molecule has 110 valence electrons. The van der Waals surface area contributed by atoms with E-state index in [1.165, 1.54) is 25.7 Å². The van der Waals surface area contributed by atoms with Gasteiger partial charge in [-0.05, 0) is 31.1 Å². The molecule has 20 heavy (non-hydrogen) atoms. The van der Waals surface area contributed by atoms with E-state index < -0.39 is 4.92 Å². The minimum absolute atomic E-state index is 0.00307. The van der Waals surface area contributed by atoms with Gasteiger partial charge in [0.15, 0.2) is 0 Å². The second-order valence-electron chi connectivity index (χ2n) is 5.74. The number of hydrogen-bond acceptors (Lipinski definition) is 5. The third-order valence-corrected chi connectivity index (χ3v) is 3.77. The Morgan fingerprint density at radius 2 is 1.95 bits per heavy atom. The Hall–Kier alpha value is -1.85. The van der Waals surface area contributed by atoms with E-state index >= 15 is 0 Å². The minimum Gasteiger partial charge on any atom is -0.481 e. The lowest BCUT2D eigenvalue weighted by Gasteiger charge is -2.32. The first-order chi connectivity index (χ1) is 9.49. The molecule has 0 aliphatic heterocycles. The van der Waals surface area contributed by atoms with E-state index in [0.29, 0.717) is 23.5 Å². The topological polar surface area (TPSA) is 77.3 Å². The Morgan fingerprint density at radius 3 is 2.50 bits per heavy atom. The summed E-state index contributed by atoms with van der Waals surface area (Å²) in [4.78, 5) is 14.8. The van der Waals surface area contributed by atoms with Crippen molar-refractivity contribution in [1.29, 1.82) is 0 Å². The molecular formula is C14H21N3O3. The van der Waals surface area contributed by atoms with Crippen LogP contribution in [0.1, 0.15) is 33.1 Å². The third kappa shape index (κ3) is 3.37. The lowest BCUT2D eigenvalue weighted by atomic mass is 9.80. The number of ether oxygens (including phenoxy) is 1. The standard InChI is InChI=1S/C14H21N3O3/c1-9-6-10(2)8-11(7-9)15-14-12(17(18)19)4-5-13(16-14)20-3/h4-5,9-11H,6-8H2,1-3H3,(H,15,16). The van der Waals surface area contributed by atoms with Gasteiger partial charge in [0.2, 0.25) is 11.7 Å². The highest BCUT2D eigenvalue weighted by atomic mass is 16.6. The van der Waals surface area contributed by atoms with Crippen molar-refractivity contribution in [2.75, 3.05) is 12.4 Å². The number of pyridine rings is 1. The molecule has 6 heteroatoms. The predicted octanol–water partition coefficient (Wildman–Crippen LogP) is 3.24. The van der Waals surface area contributed by atoms with Gasteiger partial charge in [-0.15, -0.1) is 0 Å². The summed E-state index contributed by atoms with van der Waals surface area (Å²) in [5.74, 6) is 1.94. The molecule has 2 rings (SSSR count). The van der Waals surface area contributed by atoms with Gasteiger partial charge in [-0.1, -0.05) is 13.8 Å². The number of hydrogen-bond donors (Lipinski definition) is 1. The Kier molecular flexibility index (Phi) is 4.42. The van der Waals surface area contributed by atoms with E-state index in [1.807, 2.05) is 0 Å². The van der Waals surface area contributed by atoms with Gasteiger partial charge in [0.1, 0.15) is 0 Å². The summed E-state index contributed by atoms with van der Waals surface area (Å²) in [6.45, 7) is 4.44. The van der Waals surface area contributed by atoms with Gasteiger partial charge in [-0.2, -0.15) is 4.98 Å². The second-order valence-corrected chi connectivity index (χ2v) is 5.74.